The largest absolute Gasteiger partial charge is 0.508 e. The zero-order chi connectivity index (χ0) is 19.1. The molecule has 0 fully saturated rings. The normalized spacial score (nSPS) is 10.7. The van der Waals surface area contributed by atoms with Crippen molar-refractivity contribution in [2.45, 2.75) is 12.8 Å². The summed E-state index contributed by atoms with van der Waals surface area (Å²) < 4.78 is 16.1. The third-order valence-electron chi connectivity index (χ3n) is 3.97. The molecule has 0 atom stereocenters. The first-order valence-corrected chi connectivity index (χ1v) is 7.92. The maximum absolute atomic E-state index is 10.8. The van der Waals surface area contributed by atoms with Crippen molar-refractivity contribution in [2.24, 2.45) is 0 Å². The Morgan fingerprint density at radius 1 is 1.04 bits per heavy atom. The van der Waals surface area contributed by atoms with Crippen molar-refractivity contribution in [1.82, 2.24) is 0 Å². The van der Waals surface area contributed by atoms with Crippen molar-refractivity contribution in [3.05, 3.63) is 63.3 Å². The number of rotatable bonds is 8. The van der Waals surface area contributed by atoms with Crippen LogP contribution in [0.5, 0.6) is 23.0 Å². The van der Waals surface area contributed by atoms with E-state index in [1.807, 2.05) is 12.1 Å². The van der Waals surface area contributed by atoms with Crippen molar-refractivity contribution in [2.75, 3.05) is 21.3 Å². The monoisotopic (exact) mass is 359 g/mol. The minimum atomic E-state index is -0.539. The minimum Gasteiger partial charge on any atom is -0.508 e. The molecule has 1 N–H and O–H groups in total. The third kappa shape index (κ3) is 4.24. The van der Waals surface area contributed by atoms with E-state index in [9.17, 15) is 15.2 Å². The summed E-state index contributed by atoms with van der Waals surface area (Å²) in [5.74, 6) is 1.40. The summed E-state index contributed by atoms with van der Waals surface area (Å²) in [7, 11) is 4.45. The maximum Gasteiger partial charge on any atom is 0.235 e. The Balaban J connectivity index is 2.51. The highest BCUT2D eigenvalue weighted by Gasteiger charge is 2.20. The average molecular weight is 359 g/mol. The number of nitrogens with zero attached hydrogens (tertiary/aromatic N) is 1. The molecule has 0 saturated heterocycles. The molecule has 0 aliphatic heterocycles. The summed E-state index contributed by atoms with van der Waals surface area (Å²) in [5.41, 5.74) is 2.10. The number of nitro groups is 1. The number of para-hydroxylation sites is 1. The van der Waals surface area contributed by atoms with Gasteiger partial charge in [0.05, 0.1) is 26.3 Å². The number of phenols is 1. The second-order valence-corrected chi connectivity index (χ2v) is 5.45. The van der Waals surface area contributed by atoms with Gasteiger partial charge in [0.1, 0.15) is 5.75 Å². The standard InChI is InChI=1S/C19H21NO6/c1-24-17-12-14(9-8-13-6-4-5-7-16(13)21)15(10-11-20(22)23)18(25-2)19(17)26-3/h4-7,10-12,21H,8-9H2,1-3H3/b11-10+. The molecule has 0 spiro atoms. The molecule has 7 heteroatoms. The van der Waals surface area contributed by atoms with Crippen LogP contribution < -0.4 is 14.2 Å². The fourth-order valence-electron chi connectivity index (χ4n) is 2.75. The summed E-state index contributed by atoms with van der Waals surface area (Å²) in [5, 5.41) is 20.7. The fraction of sp³-hybridized carbons (Fsp3) is 0.263. The molecule has 2 rings (SSSR count). The number of hydrogen-bond donors (Lipinski definition) is 1. The van der Waals surface area contributed by atoms with Crippen LogP contribution in [0.1, 0.15) is 16.7 Å². The van der Waals surface area contributed by atoms with Gasteiger partial charge >= 0.3 is 0 Å². The molecule has 0 saturated carbocycles. The maximum atomic E-state index is 10.8. The second kappa shape index (κ2) is 8.75. The Morgan fingerprint density at radius 2 is 1.69 bits per heavy atom. The Bertz CT molecular complexity index is 816. The molecule has 138 valence electrons. The van der Waals surface area contributed by atoms with E-state index in [-0.39, 0.29) is 5.75 Å². The molecular weight excluding hydrogens is 338 g/mol. The Hall–Kier alpha value is -3.22. The van der Waals surface area contributed by atoms with E-state index < -0.39 is 4.92 Å². The van der Waals surface area contributed by atoms with Crippen LogP contribution in [-0.2, 0) is 12.8 Å². The van der Waals surface area contributed by atoms with Gasteiger partial charge in [0.2, 0.25) is 11.9 Å². The fourth-order valence-corrected chi connectivity index (χ4v) is 2.75. The smallest absolute Gasteiger partial charge is 0.235 e. The topological polar surface area (TPSA) is 91.1 Å². The van der Waals surface area contributed by atoms with Gasteiger partial charge in [-0.1, -0.05) is 18.2 Å². The molecule has 7 nitrogen and oxygen atoms in total. The summed E-state index contributed by atoms with van der Waals surface area (Å²) in [6, 6.07) is 8.82. The van der Waals surface area contributed by atoms with Gasteiger partial charge in [-0.25, -0.2) is 0 Å². The van der Waals surface area contributed by atoms with Crippen LogP contribution in [-0.4, -0.2) is 31.4 Å². The molecule has 2 aromatic carbocycles. The molecule has 0 radical (unpaired) electrons. The van der Waals surface area contributed by atoms with Gasteiger partial charge in [-0.2, -0.15) is 0 Å². The lowest BCUT2D eigenvalue weighted by Gasteiger charge is -2.18. The predicted molar refractivity (Wildman–Crippen MR) is 97.6 cm³/mol. The van der Waals surface area contributed by atoms with E-state index in [0.29, 0.717) is 35.7 Å². The van der Waals surface area contributed by atoms with Crippen molar-refractivity contribution >= 4 is 6.08 Å². The zero-order valence-corrected chi connectivity index (χ0v) is 14.9. The molecule has 2 aromatic rings. The van der Waals surface area contributed by atoms with Gasteiger partial charge in [0.15, 0.2) is 11.5 Å². The molecule has 0 aromatic heterocycles. The third-order valence-corrected chi connectivity index (χ3v) is 3.97. The van der Waals surface area contributed by atoms with Gasteiger partial charge in [-0.3, -0.25) is 10.1 Å². The molecule has 0 aliphatic rings. The number of methoxy groups -OCH3 is 3. The SMILES string of the molecule is COc1cc(CCc2ccccc2O)c(/C=C/[N+](=O)[O-])c(OC)c1OC. The molecule has 0 bridgehead atoms. The molecule has 0 aliphatic carbocycles. The van der Waals surface area contributed by atoms with Crippen molar-refractivity contribution in [3.8, 4) is 23.0 Å². The zero-order valence-electron chi connectivity index (χ0n) is 14.9. The summed E-state index contributed by atoms with van der Waals surface area (Å²) in [6.45, 7) is 0. The van der Waals surface area contributed by atoms with Crippen LogP contribution in [0, 0.1) is 10.1 Å². The molecule has 0 heterocycles. The number of aromatic hydroxyl groups is 1. The van der Waals surface area contributed by atoms with E-state index in [0.717, 1.165) is 17.3 Å². The quantitative estimate of drug-likeness (QED) is 0.573. The number of aryl methyl sites for hydroxylation is 2. The van der Waals surface area contributed by atoms with Crippen molar-refractivity contribution in [3.63, 3.8) is 0 Å². The van der Waals surface area contributed by atoms with Crippen LogP contribution in [0.15, 0.2) is 36.5 Å². The van der Waals surface area contributed by atoms with Crippen molar-refractivity contribution < 1.29 is 24.2 Å². The number of benzene rings is 2. The Morgan fingerprint density at radius 3 is 2.27 bits per heavy atom. The van der Waals surface area contributed by atoms with Crippen LogP contribution in [0.25, 0.3) is 6.08 Å². The van der Waals surface area contributed by atoms with Crippen LogP contribution in [0.4, 0.5) is 0 Å². The van der Waals surface area contributed by atoms with Gasteiger partial charge in [0.25, 0.3) is 0 Å². The van der Waals surface area contributed by atoms with E-state index >= 15 is 0 Å². The Labute approximate surface area is 151 Å². The van der Waals surface area contributed by atoms with Gasteiger partial charge < -0.3 is 19.3 Å². The van der Waals surface area contributed by atoms with Gasteiger partial charge in [0, 0.05) is 11.6 Å². The number of ether oxygens (including phenoxy) is 3. The predicted octanol–water partition coefficient (Wildman–Crippen LogP) is 3.45. The highest BCUT2D eigenvalue weighted by molar-refractivity contribution is 5.69. The van der Waals surface area contributed by atoms with Crippen molar-refractivity contribution in [1.29, 1.82) is 0 Å². The molecule has 26 heavy (non-hydrogen) atoms. The van der Waals surface area contributed by atoms with E-state index in [2.05, 4.69) is 0 Å². The average Bonchev–Trinajstić information content (AvgIpc) is 2.64. The second-order valence-electron chi connectivity index (χ2n) is 5.45. The molecular formula is C19H21NO6. The van der Waals surface area contributed by atoms with E-state index in [4.69, 9.17) is 14.2 Å². The minimum absolute atomic E-state index is 0.210. The first-order chi connectivity index (χ1) is 12.5. The van der Waals surface area contributed by atoms with E-state index in [1.165, 1.54) is 27.4 Å². The van der Waals surface area contributed by atoms with Gasteiger partial charge in [-0.15, -0.1) is 0 Å². The lowest BCUT2D eigenvalue weighted by Crippen LogP contribution is -2.02. The lowest BCUT2D eigenvalue weighted by atomic mass is 9.97. The highest BCUT2D eigenvalue weighted by Crippen LogP contribution is 2.43. The van der Waals surface area contributed by atoms with Crippen LogP contribution in [0.3, 0.4) is 0 Å². The van der Waals surface area contributed by atoms with Crippen LogP contribution in [0.2, 0.25) is 0 Å². The van der Waals surface area contributed by atoms with E-state index in [1.54, 1.807) is 18.2 Å². The molecule has 0 amide bonds. The molecule has 0 unspecified atom stereocenters. The lowest BCUT2D eigenvalue weighted by molar-refractivity contribution is -0.400. The first-order valence-electron chi connectivity index (χ1n) is 7.92. The first kappa shape index (κ1) is 19.1. The van der Waals surface area contributed by atoms with Gasteiger partial charge in [-0.05, 0) is 36.1 Å². The highest BCUT2D eigenvalue weighted by atomic mass is 16.6. The number of hydrogen-bond acceptors (Lipinski definition) is 6. The number of phenolic OH excluding ortho intramolecular Hbond substituents is 1. The summed E-state index contributed by atoms with van der Waals surface area (Å²) in [6.07, 6.45) is 3.30. The summed E-state index contributed by atoms with van der Waals surface area (Å²) in [4.78, 5) is 10.2. The Kier molecular flexibility index (Phi) is 6.43. The summed E-state index contributed by atoms with van der Waals surface area (Å²) >= 11 is 0. The van der Waals surface area contributed by atoms with Crippen LogP contribution >= 0.6 is 0 Å².